The predicted molar refractivity (Wildman–Crippen MR) is 82.8 cm³/mol. The van der Waals surface area contributed by atoms with Crippen LogP contribution < -0.4 is 4.57 Å². The van der Waals surface area contributed by atoms with Gasteiger partial charge in [0.25, 0.3) is 0 Å². The number of hydrogen-bond acceptors (Lipinski definition) is 2. The van der Waals surface area contributed by atoms with E-state index in [2.05, 4.69) is 4.98 Å². The second-order valence-corrected chi connectivity index (χ2v) is 5.54. The molecule has 5 heteroatoms. The molecule has 4 aromatic rings. The highest BCUT2D eigenvalue weighted by molar-refractivity contribution is 6.08. The van der Waals surface area contributed by atoms with Crippen LogP contribution >= 0.6 is 0 Å². The molecule has 0 aliphatic rings. The zero-order valence-corrected chi connectivity index (χ0v) is 12.6. The summed E-state index contributed by atoms with van der Waals surface area (Å²) in [5.41, 5.74) is 3.25. The quantitative estimate of drug-likeness (QED) is 0.392. The van der Waals surface area contributed by atoms with Crippen LogP contribution in [0.25, 0.3) is 33.3 Å². The molecule has 3 nitrogen and oxygen atoms in total. The first-order valence-electron chi connectivity index (χ1n) is 7.19. The fourth-order valence-corrected chi connectivity index (χ4v) is 2.96. The lowest BCUT2D eigenvalue weighted by Gasteiger charge is -2.04. The van der Waals surface area contributed by atoms with Gasteiger partial charge in [-0.05, 0) is 18.6 Å². The molecule has 0 radical (unpaired) electrons. The van der Waals surface area contributed by atoms with Crippen LogP contribution in [0.2, 0.25) is 0 Å². The Kier molecular flexibility index (Phi) is 2.91. The SMILES string of the molecule is Cc1ccc2c(oc3nc(F)cc(F)c32)c1-c1cccc[n+]1C. The van der Waals surface area contributed by atoms with Crippen molar-refractivity contribution in [3.05, 3.63) is 59.9 Å². The molecule has 1 aromatic carbocycles. The topological polar surface area (TPSA) is 29.9 Å². The molecule has 0 N–H and O–H groups in total. The van der Waals surface area contributed by atoms with Crippen molar-refractivity contribution in [2.75, 3.05) is 0 Å². The van der Waals surface area contributed by atoms with E-state index < -0.39 is 11.8 Å². The number of furan rings is 1. The van der Waals surface area contributed by atoms with E-state index in [4.69, 9.17) is 4.42 Å². The average Bonchev–Trinajstić information content (AvgIpc) is 2.86. The first kappa shape index (κ1) is 13.8. The van der Waals surface area contributed by atoms with Gasteiger partial charge >= 0.3 is 0 Å². The Morgan fingerprint density at radius 2 is 1.96 bits per heavy atom. The second-order valence-electron chi connectivity index (χ2n) is 5.54. The molecule has 0 aliphatic carbocycles. The van der Waals surface area contributed by atoms with Gasteiger partial charge in [-0.15, -0.1) is 0 Å². The Hall–Kier alpha value is -2.82. The van der Waals surface area contributed by atoms with Gasteiger partial charge in [0.2, 0.25) is 17.4 Å². The summed E-state index contributed by atoms with van der Waals surface area (Å²) in [5.74, 6) is -1.56. The summed E-state index contributed by atoms with van der Waals surface area (Å²) in [7, 11) is 1.93. The van der Waals surface area contributed by atoms with E-state index in [-0.39, 0.29) is 11.1 Å². The molecule has 0 fully saturated rings. The van der Waals surface area contributed by atoms with Gasteiger partial charge in [-0.2, -0.15) is 9.37 Å². The van der Waals surface area contributed by atoms with E-state index in [1.165, 1.54) is 0 Å². The number of fused-ring (bicyclic) bond motifs is 3. The van der Waals surface area contributed by atoms with E-state index in [0.717, 1.165) is 22.9 Å². The number of nitrogens with zero attached hydrogens (tertiary/aromatic N) is 2. The van der Waals surface area contributed by atoms with Crippen molar-refractivity contribution in [1.82, 2.24) is 4.98 Å². The molecule has 0 atom stereocenters. The van der Waals surface area contributed by atoms with Gasteiger partial charge in [-0.1, -0.05) is 12.1 Å². The highest BCUT2D eigenvalue weighted by atomic mass is 19.1. The number of aryl methyl sites for hydroxylation is 2. The van der Waals surface area contributed by atoms with Gasteiger partial charge in [-0.25, -0.2) is 8.96 Å². The molecular formula is C18H13F2N2O+. The van der Waals surface area contributed by atoms with Crippen LogP contribution in [0.5, 0.6) is 0 Å². The Bertz CT molecular complexity index is 1070. The Labute approximate surface area is 130 Å². The fourth-order valence-electron chi connectivity index (χ4n) is 2.96. The van der Waals surface area contributed by atoms with Crippen LogP contribution in [-0.2, 0) is 7.05 Å². The van der Waals surface area contributed by atoms with E-state index in [1.54, 1.807) is 6.07 Å². The zero-order valence-electron chi connectivity index (χ0n) is 12.6. The number of pyridine rings is 2. The molecule has 3 aromatic heterocycles. The van der Waals surface area contributed by atoms with E-state index in [0.29, 0.717) is 11.0 Å². The van der Waals surface area contributed by atoms with Gasteiger partial charge in [0.15, 0.2) is 11.8 Å². The second kappa shape index (κ2) is 4.84. The highest BCUT2D eigenvalue weighted by Crippen LogP contribution is 2.37. The summed E-state index contributed by atoms with van der Waals surface area (Å²) in [6.45, 7) is 1.96. The smallest absolute Gasteiger partial charge is 0.232 e. The molecule has 0 saturated heterocycles. The lowest BCUT2D eigenvalue weighted by molar-refractivity contribution is -0.660. The van der Waals surface area contributed by atoms with Gasteiger partial charge in [0.1, 0.15) is 12.9 Å². The summed E-state index contributed by atoms with van der Waals surface area (Å²) in [6, 6.07) is 10.3. The van der Waals surface area contributed by atoms with Crippen molar-refractivity contribution in [3.63, 3.8) is 0 Å². The normalized spacial score (nSPS) is 11.5. The Morgan fingerprint density at radius 3 is 2.74 bits per heavy atom. The van der Waals surface area contributed by atoms with Gasteiger partial charge in [0, 0.05) is 23.6 Å². The fraction of sp³-hybridized carbons (Fsp3) is 0.111. The third-order valence-electron chi connectivity index (χ3n) is 4.05. The van der Waals surface area contributed by atoms with Crippen molar-refractivity contribution in [1.29, 1.82) is 0 Å². The summed E-state index contributed by atoms with van der Waals surface area (Å²) in [4.78, 5) is 3.68. The lowest BCUT2D eigenvalue weighted by atomic mass is 10.0. The zero-order chi connectivity index (χ0) is 16.1. The molecule has 3 heterocycles. The molecule has 0 saturated carbocycles. The standard InChI is InChI=1S/C18H13F2N2O/c1-10-6-7-11-16-12(19)9-14(20)21-18(16)23-17(11)15(10)13-5-3-4-8-22(13)2/h3-9H,1-2H3/q+1. The molecule has 0 aliphatic heterocycles. The summed E-state index contributed by atoms with van der Waals surface area (Å²) in [5, 5.41) is 0.802. The van der Waals surface area contributed by atoms with Crippen LogP contribution in [0.3, 0.4) is 0 Å². The molecule has 23 heavy (non-hydrogen) atoms. The van der Waals surface area contributed by atoms with Crippen molar-refractivity contribution in [3.8, 4) is 11.3 Å². The van der Waals surface area contributed by atoms with Gasteiger partial charge in [0.05, 0.1) is 10.9 Å². The van der Waals surface area contributed by atoms with Crippen molar-refractivity contribution < 1.29 is 17.8 Å². The summed E-state index contributed by atoms with van der Waals surface area (Å²) >= 11 is 0. The summed E-state index contributed by atoms with van der Waals surface area (Å²) in [6.07, 6.45) is 1.93. The minimum Gasteiger partial charge on any atom is -0.437 e. The lowest BCUT2D eigenvalue weighted by Crippen LogP contribution is -2.30. The van der Waals surface area contributed by atoms with Crippen LogP contribution in [0, 0.1) is 18.7 Å². The molecule has 114 valence electrons. The highest BCUT2D eigenvalue weighted by Gasteiger charge is 2.22. The minimum atomic E-state index is -0.891. The number of aromatic nitrogens is 2. The maximum atomic E-state index is 14.2. The van der Waals surface area contributed by atoms with E-state index in [9.17, 15) is 8.78 Å². The van der Waals surface area contributed by atoms with E-state index in [1.807, 2.05) is 49.0 Å². The van der Waals surface area contributed by atoms with Crippen LogP contribution in [-0.4, -0.2) is 4.98 Å². The first-order valence-corrected chi connectivity index (χ1v) is 7.19. The monoisotopic (exact) mass is 311 g/mol. The van der Waals surface area contributed by atoms with Crippen LogP contribution in [0.4, 0.5) is 8.78 Å². The first-order chi connectivity index (χ1) is 11.1. The summed E-state index contributed by atoms with van der Waals surface area (Å²) < 4.78 is 35.2. The van der Waals surface area contributed by atoms with Crippen LogP contribution in [0.15, 0.2) is 47.0 Å². The van der Waals surface area contributed by atoms with E-state index >= 15 is 0 Å². The Morgan fingerprint density at radius 1 is 1.13 bits per heavy atom. The maximum Gasteiger partial charge on any atom is 0.232 e. The largest absolute Gasteiger partial charge is 0.437 e. The minimum absolute atomic E-state index is 0.0251. The molecule has 0 bridgehead atoms. The van der Waals surface area contributed by atoms with Gasteiger partial charge in [-0.3, -0.25) is 0 Å². The van der Waals surface area contributed by atoms with Crippen molar-refractivity contribution in [2.24, 2.45) is 7.05 Å². The van der Waals surface area contributed by atoms with Crippen LogP contribution in [0.1, 0.15) is 5.56 Å². The molecular weight excluding hydrogens is 298 g/mol. The third kappa shape index (κ3) is 2.00. The number of benzene rings is 1. The van der Waals surface area contributed by atoms with Crippen molar-refractivity contribution in [2.45, 2.75) is 6.92 Å². The number of rotatable bonds is 1. The molecule has 4 rings (SSSR count). The average molecular weight is 311 g/mol. The van der Waals surface area contributed by atoms with Gasteiger partial charge < -0.3 is 4.42 Å². The maximum absolute atomic E-state index is 14.2. The molecule has 0 unspecified atom stereocenters. The predicted octanol–water partition coefficient (Wildman–Crippen LogP) is 4.06. The molecule has 0 amide bonds. The Balaban J connectivity index is 2.19. The number of hydrogen-bond donors (Lipinski definition) is 0. The van der Waals surface area contributed by atoms with Crippen molar-refractivity contribution >= 4 is 22.1 Å². The molecule has 0 spiro atoms. The number of halogens is 2. The third-order valence-corrected chi connectivity index (χ3v) is 4.05.